The van der Waals surface area contributed by atoms with Gasteiger partial charge in [-0.25, -0.2) is 4.98 Å². The summed E-state index contributed by atoms with van der Waals surface area (Å²) < 4.78 is 5.39. The minimum Gasteiger partial charge on any atom is -0.494 e. The molecule has 0 saturated heterocycles. The van der Waals surface area contributed by atoms with Gasteiger partial charge in [0.1, 0.15) is 11.3 Å². The molecule has 0 saturated carbocycles. The highest BCUT2D eigenvalue weighted by Gasteiger charge is 2.04. The fourth-order valence-electron chi connectivity index (χ4n) is 2.77. The van der Waals surface area contributed by atoms with Gasteiger partial charge < -0.3 is 9.84 Å². The number of para-hydroxylation sites is 1. The molecule has 1 heterocycles. The van der Waals surface area contributed by atoms with Gasteiger partial charge in [-0.2, -0.15) is 0 Å². The minimum atomic E-state index is 0.330. The van der Waals surface area contributed by atoms with E-state index < -0.39 is 0 Å². The van der Waals surface area contributed by atoms with Crippen LogP contribution in [0, 0.1) is 0 Å². The molecule has 1 aromatic carbocycles. The molecular weight excluding hydrogens is 274 g/mol. The predicted molar refractivity (Wildman–Crippen MR) is 91.4 cm³/mol. The maximum atomic E-state index is 8.73. The Hall–Kier alpha value is -1.61. The number of methoxy groups -OCH3 is 1. The fourth-order valence-corrected chi connectivity index (χ4v) is 2.77. The highest BCUT2D eigenvalue weighted by atomic mass is 16.5. The summed E-state index contributed by atoms with van der Waals surface area (Å²) in [5.74, 6) is 0.850. The number of hydrogen-bond acceptors (Lipinski definition) is 3. The summed E-state index contributed by atoms with van der Waals surface area (Å²) in [5, 5.41) is 9.86. The number of hydrogen-bond donors (Lipinski definition) is 1. The van der Waals surface area contributed by atoms with Crippen molar-refractivity contribution in [1.82, 2.24) is 4.98 Å². The lowest BCUT2D eigenvalue weighted by Crippen LogP contribution is -1.94. The summed E-state index contributed by atoms with van der Waals surface area (Å²) in [6.45, 7) is 0.330. The molecule has 3 heteroatoms. The summed E-state index contributed by atoms with van der Waals surface area (Å²) in [7, 11) is 1.69. The molecule has 2 rings (SSSR count). The second kappa shape index (κ2) is 9.42. The first kappa shape index (κ1) is 16.8. The van der Waals surface area contributed by atoms with Crippen molar-refractivity contribution in [3.63, 3.8) is 0 Å². The number of nitrogens with zero attached hydrogens (tertiary/aromatic N) is 1. The molecule has 0 spiro atoms. The molecule has 0 fully saturated rings. The number of benzene rings is 1. The molecule has 0 aliphatic heterocycles. The van der Waals surface area contributed by atoms with Crippen LogP contribution in [0.5, 0.6) is 5.75 Å². The third kappa shape index (κ3) is 4.99. The highest BCUT2D eigenvalue weighted by Crippen LogP contribution is 2.24. The van der Waals surface area contributed by atoms with E-state index in [0.717, 1.165) is 41.6 Å². The Kier molecular flexibility index (Phi) is 7.17. The Morgan fingerprint density at radius 2 is 1.64 bits per heavy atom. The normalized spacial score (nSPS) is 11.0. The molecule has 0 radical (unpaired) electrons. The zero-order valence-corrected chi connectivity index (χ0v) is 13.6. The number of aromatic nitrogens is 1. The molecule has 0 aliphatic carbocycles. The molecule has 2 aromatic rings. The van der Waals surface area contributed by atoms with Gasteiger partial charge in [0, 0.05) is 17.7 Å². The van der Waals surface area contributed by atoms with E-state index >= 15 is 0 Å². The average Bonchev–Trinajstić information content (AvgIpc) is 2.56. The zero-order valence-electron chi connectivity index (χ0n) is 13.6. The number of rotatable bonds is 10. The zero-order chi connectivity index (χ0) is 15.6. The van der Waals surface area contributed by atoms with Gasteiger partial charge in [-0.05, 0) is 31.4 Å². The van der Waals surface area contributed by atoms with Gasteiger partial charge in [-0.15, -0.1) is 0 Å². The third-order valence-electron chi connectivity index (χ3n) is 4.05. The van der Waals surface area contributed by atoms with Crippen LogP contribution in [0.2, 0.25) is 0 Å². The number of aryl methyl sites for hydroxylation is 1. The number of ether oxygens (including phenoxy) is 1. The standard InChI is InChI=1S/C19H27NO2/c1-22-18-12-9-10-16-13-14-17(20-19(16)18)11-7-5-3-2-4-6-8-15-21/h9-10,12-14,21H,2-8,11,15H2,1H3. The molecule has 1 aromatic heterocycles. The molecular formula is C19H27NO2. The van der Waals surface area contributed by atoms with Crippen LogP contribution in [0.15, 0.2) is 30.3 Å². The van der Waals surface area contributed by atoms with E-state index in [1.807, 2.05) is 12.1 Å². The molecule has 0 bridgehead atoms. The molecule has 0 aliphatic rings. The monoisotopic (exact) mass is 301 g/mol. The van der Waals surface area contributed by atoms with Gasteiger partial charge in [-0.3, -0.25) is 0 Å². The molecule has 3 nitrogen and oxygen atoms in total. The number of aliphatic hydroxyl groups excluding tert-OH is 1. The van der Waals surface area contributed by atoms with Crippen molar-refractivity contribution < 1.29 is 9.84 Å². The smallest absolute Gasteiger partial charge is 0.145 e. The van der Waals surface area contributed by atoms with Crippen molar-refractivity contribution in [1.29, 1.82) is 0 Å². The van der Waals surface area contributed by atoms with Crippen LogP contribution >= 0.6 is 0 Å². The summed E-state index contributed by atoms with van der Waals surface area (Å²) in [4.78, 5) is 4.75. The Morgan fingerprint density at radius 3 is 2.36 bits per heavy atom. The largest absolute Gasteiger partial charge is 0.494 e. The molecule has 1 N–H and O–H groups in total. The molecule has 0 unspecified atom stereocenters. The lowest BCUT2D eigenvalue weighted by molar-refractivity contribution is 0.282. The highest BCUT2D eigenvalue weighted by molar-refractivity contribution is 5.84. The van der Waals surface area contributed by atoms with Gasteiger partial charge >= 0.3 is 0 Å². The number of pyridine rings is 1. The Labute approximate surface area is 133 Å². The van der Waals surface area contributed by atoms with Crippen LogP contribution in [0.1, 0.15) is 50.6 Å². The number of aliphatic hydroxyl groups is 1. The van der Waals surface area contributed by atoms with Gasteiger partial charge in [0.15, 0.2) is 0 Å². The van der Waals surface area contributed by atoms with Gasteiger partial charge in [0.05, 0.1) is 7.11 Å². The quantitative estimate of drug-likeness (QED) is 0.657. The first-order valence-electron chi connectivity index (χ1n) is 8.38. The first-order valence-corrected chi connectivity index (χ1v) is 8.38. The van der Waals surface area contributed by atoms with Crippen LogP contribution < -0.4 is 4.74 Å². The Morgan fingerprint density at radius 1 is 0.909 bits per heavy atom. The summed E-state index contributed by atoms with van der Waals surface area (Å²) in [5.41, 5.74) is 2.11. The lowest BCUT2D eigenvalue weighted by Gasteiger charge is -2.07. The van der Waals surface area contributed by atoms with Crippen LogP contribution in [0.25, 0.3) is 10.9 Å². The van der Waals surface area contributed by atoms with E-state index in [1.54, 1.807) is 7.11 Å². The number of fused-ring (bicyclic) bond motifs is 1. The molecule has 0 amide bonds. The maximum absolute atomic E-state index is 8.73. The third-order valence-corrected chi connectivity index (χ3v) is 4.05. The Balaban J connectivity index is 1.77. The van der Waals surface area contributed by atoms with Crippen molar-refractivity contribution in [2.24, 2.45) is 0 Å². The first-order chi connectivity index (χ1) is 10.8. The second-order valence-electron chi connectivity index (χ2n) is 5.78. The van der Waals surface area contributed by atoms with Gasteiger partial charge in [0.25, 0.3) is 0 Å². The van der Waals surface area contributed by atoms with Crippen molar-refractivity contribution in [3.8, 4) is 5.75 Å². The fraction of sp³-hybridized carbons (Fsp3) is 0.526. The van der Waals surface area contributed by atoms with E-state index in [9.17, 15) is 0 Å². The topological polar surface area (TPSA) is 42.4 Å². The van der Waals surface area contributed by atoms with E-state index in [-0.39, 0.29) is 0 Å². The van der Waals surface area contributed by atoms with Gasteiger partial charge in [0.2, 0.25) is 0 Å². The van der Waals surface area contributed by atoms with Crippen molar-refractivity contribution in [3.05, 3.63) is 36.0 Å². The van der Waals surface area contributed by atoms with Crippen LogP contribution in [-0.2, 0) is 6.42 Å². The molecule has 22 heavy (non-hydrogen) atoms. The van der Waals surface area contributed by atoms with E-state index in [1.165, 1.54) is 32.1 Å². The SMILES string of the molecule is COc1cccc2ccc(CCCCCCCCCO)nc12. The van der Waals surface area contributed by atoms with Crippen LogP contribution in [0.4, 0.5) is 0 Å². The van der Waals surface area contributed by atoms with Crippen molar-refractivity contribution >= 4 is 10.9 Å². The number of unbranched alkanes of at least 4 members (excludes halogenated alkanes) is 6. The lowest BCUT2D eigenvalue weighted by atomic mass is 10.1. The van der Waals surface area contributed by atoms with E-state index in [2.05, 4.69) is 18.2 Å². The molecule has 0 atom stereocenters. The predicted octanol–water partition coefficient (Wildman–Crippen LogP) is 4.51. The van der Waals surface area contributed by atoms with E-state index in [0.29, 0.717) is 6.61 Å². The van der Waals surface area contributed by atoms with Crippen molar-refractivity contribution in [2.75, 3.05) is 13.7 Å². The van der Waals surface area contributed by atoms with Crippen molar-refractivity contribution in [2.45, 2.75) is 51.4 Å². The Bertz CT molecular complexity index is 568. The second-order valence-corrected chi connectivity index (χ2v) is 5.78. The van der Waals surface area contributed by atoms with Crippen LogP contribution in [0.3, 0.4) is 0 Å². The maximum Gasteiger partial charge on any atom is 0.145 e. The summed E-state index contributed by atoms with van der Waals surface area (Å²) >= 11 is 0. The van der Waals surface area contributed by atoms with Crippen LogP contribution in [-0.4, -0.2) is 23.8 Å². The summed E-state index contributed by atoms with van der Waals surface area (Å²) in [6, 6.07) is 10.3. The van der Waals surface area contributed by atoms with Gasteiger partial charge in [-0.1, -0.05) is 50.3 Å². The minimum absolute atomic E-state index is 0.330. The average molecular weight is 301 g/mol. The van der Waals surface area contributed by atoms with E-state index in [4.69, 9.17) is 14.8 Å². The molecule has 120 valence electrons. The summed E-state index contributed by atoms with van der Waals surface area (Å²) in [6.07, 6.45) is 9.38.